The zero-order valence-corrected chi connectivity index (χ0v) is 30.8. The van der Waals surface area contributed by atoms with Crippen molar-refractivity contribution in [2.24, 2.45) is 5.41 Å². The predicted molar refractivity (Wildman–Crippen MR) is 175 cm³/mol. The maximum Gasteiger partial charge on any atom is 0.310 e. The van der Waals surface area contributed by atoms with Crippen LogP contribution in [0.15, 0.2) is 29.2 Å². The highest BCUT2D eigenvalue weighted by molar-refractivity contribution is 8.45. The molecule has 1 aromatic heterocycles. The quantitative estimate of drug-likeness (QED) is 0.169. The molecule has 3 aliphatic rings. The molecule has 0 amide bonds. The van der Waals surface area contributed by atoms with E-state index in [4.69, 9.17) is 23.6 Å². The summed E-state index contributed by atoms with van der Waals surface area (Å²) in [6.45, 7) is 21.0. The molecule has 0 unspecified atom stereocenters. The Kier molecular flexibility index (Phi) is 8.26. The van der Waals surface area contributed by atoms with Crippen LogP contribution in [-0.4, -0.2) is 32.5 Å². The summed E-state index contributed by atoms with van der Waals surface area (Å²) in [7, 11) is -12.3. The molecule has 47 heavy (non-hydrogen) atoms. The van der Waals surface area contributed by atoms with Gasteiger partial charge in [0, 0.05) is 55.2 Å². The first kappa shape index (κ1) is 36.2. The van der Waals surface area contributed by atoms with Crippen molar-refractivity contribution in [2.45, 2.75) is 128 Å². The molecule has 0 radical (unpaired) electrons. The van der Waals surface area contributed by atoms with Crippen LogP contribution in [0, 0.1) is 5.41 Å². The Balaban J connectivity index is 1.83. The molecule has 264 valence electrons. The Bertz CT molecular complexity index is 1570. The van der Waals surface area contributed by atoms with Gasteiger partial charge in [0.25, 0.3) is 0 Å². The van der Waals surface area contributed by atoms with Crippen molar-refractivity contribution in [3.63, 3.8) is 0 Å². The van der Waals surface area contributed by atoms with Crippen molar-refractivity contribution in [1.82, 2.24) is 4.98 Å². The fourth-order valence-corrected chi connectivity index (χ4v) is 8.91. The van der Waals surface area contributed by atoms with E-state index in [9.17, 15) is 24.2 Å². The average molecular weight is 706 g/mol. The maximum atomic E-state index is 13.7. The molecule has 2 aromatic rings. The van der Waals surface area contributed by atoms with Gasteiger partial charge in [-0.25, -0.2) is 0 Å². The zero-order chi connectivity index (χ0) is 35.2. The van der Waals surface area contributed by atoms with E-state index in [2.05, 4.69) is 33.9 Å². The van der Waals surface area contributed by atoms with Crippen molar-refractivity contribution in [2.75, 3.05) is 13.2 Å². The van der Waals surface area contributed by atoms with Crippen LogP contribution in [0.25, 0.3) is 0 Å². The smallest absolute Gasteiger partial charge is 0.310 e. The number of ether oxygens (including phenoxy) is 3. The lowest BCUT2D eigenvalue weighted by Gasteiger charge is -2.48. The van der Waals surface area contributed by atoms with E-state index in [0.29, 0.717) is 67.1 Å². The molecule has 3 atom stereocenters. The molecule has 3 heterocycles. The van der Waals surface area contributed by atoms with Crippen LogP contribution in [0.4, 0.5) is 19.4 Å². The minimum absolute atomic E-state index is 0.126. The van der Waals surface area contributed by atoms with E-state index >= 15 is 0 Å². The largest absolute Gasteiger partial charge is 0.455 e. The Morgan fingerprint density at radius 1 is 1.02 bits per heavy atom. The molecule has 1 aliphatic carbocycles. The van der Waals surface area contributed by atoms with Crippen molar-refractivity contribution in [3.05, 3.63) is 57.9 Å². The summed E-state index contributed by atoms with van der Waals surface area (Å²) < 4.78 is 94.4. The number of fused-ring (bicyclic) bond motifs is 4. The molecule has 1 aromatic carbocycles. The Morgan fingerprint density at radius 2 is 1.60 bits per heavy atom. The summed E-state index contributed by atoms with van der Waals surface area (Å²) in [6, 6.07) is 3.05. The molecular formula is C34H48F5NO5SSi. The third-order valence-corrected chi connectivity index (χ3v) is 16.0. The standard InChI is InChI=1S/C34H48F5NO5SSi/c1-20(2)28-26-27(25-24(45-47(9,10)32(4,5)6)19-33(7,8)31(29(25)40-28)43-21(3)41)34(15-17-42-18-16-34)44-30(26)22-11-13-23(14-12-22)46(35,36,37,38)39/h11-14,20,24,30-31H,15-19H2,1-10H3/t24-,30+,31-/m0/s1. The number of nitrogens with zero attached hydrogens (tertiary/aromatic N) is 1. The number of carbonyl (C=O) groups excluding carboxylic acids is 1. The van der Waals surface area contributed by atoms with Gasteiger partial charge < -0.3 is 18.6 Å². The van der Waals surface area contributed by atoms with Gasteiger partial charge in [0.15, 0.2) is 8.32 Å². The van der Waals surface area contributed by atoms with Gasteiger partial charge in [0.05, 0.1) is 17.4 Å². The highest BCUT2D eigenvalue weighted by Gasteiger charge is 2.65. The second-order valence-electron chi connectivity index (χ2n) is 15.9. The summed E-state index contributed by atoms with van der Waals surface area (Å²) in [5.74, 6) is -0.605. The van der Waals surface area contributed by atoms with Crippen LogP contribution >= 0.6 is 10.2 Å². The Morgan fingerprint density at radius 3 is 2.09 bits per heavy atom. The minimum atomic E-state index is -9.88. The van der Waals surface area contributed by atoms with E-state index in [0.717, 1.165) is 23.3 Å². The number of pyridine rings is 1. The molecule has 0 bridgehead atoms. The molecule has 2 aliphatic heterocycles. The Hall–Kier alpha value is -2.06. The van der Waals surface area contributed by atoms with E-state index in [-0.39, 0.29) is 11.0 Å². The monoisotopic (exact) mass is 705 g/mol. The molecule has 13 heteroatoms. The second kappa shape index (κ2) is 10.7. The number of esters is 1. The van der Waals surface area contributed by atoms with E-state index in [1.807, 2.05) is 27.7 Å². The second-order valence-corrected chi connectivity index (χ2v) is 23.1. The normalized spacial score (nSPS) is 25.6. The van der Waals surface area contributed by atoms with Gasteiger partial charge in [-0.2, -0.15) is 0 Å². The molecule has 1 fully saturated rings. The van der Waals surface area contributed by atoms with Crippen molar-refractivity contribution in [1.29, 1.82) is 0 Å². The predicted octanol–water partition coefficient (Wildman–Crippen LogP) is 11.1. The molecule has 6 nitrogen and oxygen atoms in total. The fraction of sp³-hybridized carbons (Fsp3) is 0.647. The van der Waals surface area contributed by atoms with Crippen LogP contribution in [0.3, 0.4) is 0 Å². The lowest BCUT2D eigenvalue weighted by atomic mass is 9.68. The first-order valence-electron chi connectivity index (χ1n) is 16.2. The Labute approximate surface area is 276 Å². The minimum Gasteiger partial charge on any atom is -0.455 e. The van der Waals surface area contributed by atoms with Gasteiger partial charge in [-0.3, -0.25) is 9.78 Å². The number of rotatable bonds is 6. The third-order valence-electron chi connectivity index (χ3n) is 10.4. The first-order valence-corrected chi connectivity index (χ1v) is 21.1. The summed E-state index contributed by atoms with van der Waals surface area (Å²) in [5, 5.41) is -0.126. The third kappa shape index (κ3) is 6.63. The number of hydrogen-bond acceptors (Lipinski definition) is 6. The van der Waals surface area contributed by atoms with Gasteiger partial charge in [0.1, 0.15) is 17.1 Å². The van der Waals surface area contributed by atoms with Crippen LogP contribution in [0.5, 0.6) is 0 Å². The highest BCUT2D eigenvalue weighted by atomic mass is 32.5. The van der Waals surface area contributed by atoms with Crippen molar-refractivity contribution >= 4 is 24.5 Å². The number of benzene rings is 1. The van der Waals surface area contributed by atoms with Crippen LogP contribution < -0.4 is 0 Å². The van der Waals surface area contributed by atoms with Crippen molar-refractivity contribution in [3.8, 4) is 0 Å². The summed E-state index contributed by atoms with van der Waals surface area (Å²) in [5.41, 5.74) is 2.48. The van der Waals surface area contributed by atoms with E-state index in [1.54, 1.807) is 0 Å². The molecule has 1 saturated heterocycles. The van der Waals surface area contributed by atoms with Gasteiger partial charge in [0.2, 0.25) is 0 Å². The topological polar surface area (TPSA) is 66.9 Å². The number of carbonyl (C=O) groups is 1. The molecule has 5 rings (SSSR count). The van der Waals surface area contributed by atoms with E-state index in [1.165, 1.54) is 6.92 Å². The van der Waals surface area contributed by atoms with Gasteiger partial charge in [-0.1, -0.05) is 80.0 Å². The number of halogens is 5. The number of aromatic nitrogens is 1. The van der Waals surface area contributed by atoms with Gasteiger partial charge in [-0.15, -0.1) is 0 Å². The molecule has 0 saturated carbocycles. The number of hydrogen-bond donors (Lipinski definition) is 0. The lowest BCUT2D eigenvalue weighted by Crippen LogP contribution is -2.46. The summed E-state index contributed by atoms with van der Waals surface area (Å²) in [6.07, 6.45) is -0.556. The van der Waals surface area contributed by atoms with Gasteiger partial charge >= 0.3 is 16.2 Å². The van der Waals surface area contributed by atoms with Crippen molar-refractivity contribution < 1.29 is 42.9 Å². The average Bonchev–Trinajstić information content (AvgIpc) is 3.22. The van der Waals surface area contributed by atoms with Crippen LogP contribution in [-0.2, 0) is 29.0 Å². The summed E-state index contributed by atoms with van der Waals surface area (Å²) in [4.78, 5) is 15.8. The zero-order valence-electron chi connectivity index (χ0n) is 28.9. The molecular weight excluding hydrogens is 658 g/mol. The first-order chi connectivity index (χ1) is 21.2. The molecule has 0 N–H and O–H groups in total. The van der Waals surface area contributed by atoms with Crippen LogP contribution in [0.1, 0.15) is 133 Å². The fourth-order valence-electron chi connectivity index (χ4n) is 6.99. The molecule has 1 spiro atoms. The summed E-state index contributed by atoms with van der Waals surface area (Å²) >= 11 is 0. The lowest BCUT2D eigenvalue weighted by molar-refractivity contribution is -0.156. The SMILES string of the molecule is CC(=O)O[C@H]1c2nc(C(C)C)c3c(c2[C@@H](O[Si](C)(C)C(C)(C)C)CC1(C)C)C1(CCOCC1)O[C@@H]3c1ccc(S(F)(F)(F)(F)F)cc1. The highest BCUT2D eigenvalue weighted by Crippen LogP contribution is 3.02. The maximum absolute atomic E-state index is 13.7. The van der Waals surface area contributed by atoms with Gasteiger partial charge in [-0.05, 0) is 53.7 Å². The van der Waals surface area contributed by atoms with E-state index < -0.39 is 58.7 Å². The van der Waals surface area contributed by atoms with Crippen LogP contribution in [0.2, 0.25) is 18.1 Å².